The largest absolute Gasteiger partial charge is 0.394 e. The summed E-state index contributed by atoms with van der Waals surface area (Å²) in [4.78, 5) is 18.0. The molecule has 5 rings (SSSR count). The average molecular weight is 437 g/mol. The minimum absolute atomic E-state index is 0.107. The van der Waals surface area contributed by atoms with Crippen molar-refractivity contribution >= 4 is 11.5 Å². The van der Waals surface area contributed by atoms with Crippen LogP contribution in [0.25, 0.3) is 28.2 Å². The van der Waals surface area contributed by atoms with Gasteiger partial charge in [-0.2, -0.15) is 0 Å². The minimum atomic E-state index is -0.375. The van der Waals surface area contributed by atoms with Crippen molar-refractivity contribution < 1.29 is 5.11 Å². The molecule has 1 unspecified atom stereocenters. The molecule has 2 N–H and O–H groups in total. The monoisotopic (exact) mass is 436 g/mol. The number of benzene rings is 1. The molecule has 0 saturated heterocycles. The third kappa shape index (κ3) is 4.06. The number of rotatable bonds is 6. The Morgan fingerprint density at radius 3 is 2.52 bits per heavy atom. The van der Waals surface area contributed by atoms with Crippen LogP contribution in [0.4, 0.5) is 5.82 Å². The van der Waals surface area contributed by atoms with E-state index in [-0.39, 0.29) is 12.6 Å². The van der Waals surface area contributed by atoms with Crippen molar-refractivity contribution in [2.75, 3.05) is 11.9 Å². The van der Waals surface area contributed by atoms with E-state index in [4.69, 9.17) is 0 Å². The number of nitrogens with zero attached hydrogens (tertiary/aromatic N) is 5. The predicted octanol–water partition coefficient (Wildman–Crippen LogP) is 4.62. The van der Waals surface area contributed by atoms with E-state index in [1.54, 1.807) is 18.6 Å². The molecule has 164 valence electrons. The third-order valence-electron chi connectivity index (χ3n) is 5.66. The number of imidazole rings is 1. The topological polar surface area (TPSA) is 88.2 Å². The van der Waals surface area contributed by atoms with Gasteiger partial charge < -0.3 is 10.4 Å². The number of nitrogens with one attached hydrogen (secondary N) is 1. The number of anilines is 1. The lowest BCUT2D eigenvalue weighted by Crippen LogP contribution is -2.17. The maximum atomic E-state index is 10.2. The summed E-state index contributed by atoms with van der Waals surface area (Å²) in [5.41, 5.74) is 7.53. The number of fused-ring (bicyclic) bond motifs is 1. The average Bonchev–Trinajstić information content (AvgIpc) is 3.28. The molecule has 33 heavy (non-hydrogen) atoms. The van der Waals surface area contributed by atoms with Crippen LogP contribution in [0.5, 0.6) is 0 Å². The molecule has 0 saturated carbocycles. The second kappa shape index (κ2) is 8.80. The van der Waals surface area contributed by atoms with E-state index in [2.05, 4.69) is 25.3 Å². The van der Waals surface area contributed by atoms with Crippen LogP contribution >= 0.6 is 0 Å². The van der Waals surface area contributed by atoms with E-state index in [0.29, 0.717) is 11.5 Å². The lowest BCUT2D eigenvalue weighted by Gasteiger charge is -2.19. The number of aliphatic hydroxyl groups excluding tert-OH is 1. The highest BCUT2D eigenvalue weighted by Crippen LogP contribution is 2.28. The van der Waals surface area contributed by atoms with E-state index in [0.717, 1.165) is 39.3 Å². The maximum absolute atomic E-state index is 10.2. The molecule has 0 bridgehead atoms. The van der Waals surface area contributed by atoms with Gasteiger partial charge in [0.1, 0.15) is 0 Å². The smallest absolute Gasteiger partial charge is 0.180 e. The first kappa shape index (κ1) is 20.8. The van der Waals surface area contributed by atoms with Crippen LogP contribution in [0, 0.1) is 13.8 Å². The molecule has 0 fully saturated rings. The molecule has 0 spiro atoms. The standard InChI is InChI=1S/C26H24N6O/c1-17-12-21(14-29-24(17)20-8-9-27-18(2)13-20)22(16-33)31-25-26-30-15-23(32(26)11-10-28-25)19-6-4-3-5-7-19/h3-15,22,33H,16H2,1-2H3,(H,28,31). The molecule has 7 nitrogen and oxygen atoms in total. The summed E-state index contributed by atoms with van der Waals surface area (Å²) in [5.74, 6) is 0.602. The number of aliphatic hydroxyl groups is 1. The van der Waals surface area contributed by atoms with E-state index < -0.39 is 0 Å². The summed E-state index contributed by atoms with van der Waals surface area (Å²) in [6.45, 7) is 3.88. The van der Waals surface area contributed by atoms with Crippen molar-refractivity contribution in [3.63, 3.8) is 0 Å². The van der Waals surface area contributed by atoms with Crippen LogP contribution in [-0.2, 0) is 0 Å². The molecule has 4 heterocycles. The Morgan fingerprint density at radius 1 is 0.909 bits per heavy atom. The second-order valence-electron chi connectivity index (χ2n) is 7.98. The first-order valence-electron chi connectivity index (χ1n) is 10.8. The highest BCUT2D eigenvalue weighted by Gasteiger charge is 2.17. The summed E-state index contributed by atoms with van der Waals surface area (Å²) in [7, 11) is 0. The minimum Gasteiger partial charge on any atom is -0.394 e. The summed E-state index contributed by atoms with van der Waals surface area (Å²) in [5, 5.41) is 13.5. The maximum Gasteiger partial charge on any atom is 0.180 e. The Morgan fingerprint density at radius 2 is 1.76 bits per heavy atom. The van der Waals surface area contributed by atoms with Crippen LogP contribution in [0.2, 0.25) is 0 Å². The zero-order valence-corrected chi connectivity index (χ0v) is 18.5. The first-order valence-corrected chi connectivity index (χ1v) is 10.8. The Hall–Kier alpha value is -4.10. The normalized spacial score (nSPS) is 12.1. The lowest BCUT2D eigenvalue weighted by atomic mass is 10.0. The lowest BCUT2D eigenvalue weighted by molar-refractivity contribution is 0.276. The summed E-state index contributed by atoms with van der Waals surface area (Å²) in [6.07, 6.45) is 9.05. The molecule has 5 aromatic rings. The molecule has 1 aromatic carbocycles. The molecule has 0 radical (unpaired) electrons. The van der Waals surface area contributed by atoms with Crippen molar-refractivity contribution in [3.8, 4) is 22.5 Å². The van der Waals surface area contributed by atoms with Gasteiger partial charge in [-0.1, -0.05) is 36.4 Å². The molecule has 0 aliphatic carbocycles. The summed E-state index contributed by atoms with van der Waals surface area (Å²) >= 11 is 0. The van der Waals surface area contributed by atoms with Gasteiger partial charge >= 0.3 is 0 Å². The molecule has 1 atom stereocenters. The van der Waals surface area contributed by atoms with Crippen LogP contribution in [0.1, 0.15) is 22.9 Å². The number of hydrogen-bond acceptors (Lipinski definition) is 6. The summed E-state index contributed by atoms with van der Waals surface area (Å²) < 4.78 is 2.00. The SMILES string of the molecule is Cc1cc(-c2ncc(C(CO)Nc3nccn4c(-c5ccccc5)cnc34)cc2C)ccn1. The van der Waals surface area contributed by atoms with Crippen molar-refractivity contribution in [2.45, 2.75) is 19.9 Å². The second-order valence-corrected chi connectivity index (χ2v) is 7.98. The number of aryl methyl sites for hydroxylation is 2. The van der Waals surface area contributed by atoms with Crippen LogP contribution in [0.3, 0.4) is 0 Å². The molecule has 7 heteroatoms. The third-order valence-corrected chi connectivity index (χ3v) is 5.66. The molecular formula is C26H24N6O. The van der Waals surface area contributed by atoms with Gasteiger partial charge in [0.25, 0.3) is 0 Å². The van der Waals surface area contributed by atoms with Crippen LogP contribution in [0.15, 0.2) is 79.5 Å². The highest BCUT2D eigenvalue weighted by atomic mass is 16.3. The molecule has 0 aliphatic heterocycles. The highest BCUT2D eigenvalue weighted by molar-refractivity contribution is 5.71. The van der Waals surface area contributed by atoms with Crippen molar-refractivity contribution in [1.29, 1.82) is 0 Å². The zero-order chi connectivity index (χ0) is 22.8. The number of pyridine rings is 2. The molecular weight excluding hydrogens is 412 g/mol. The Kier molecular flexibility index (Phi) is 5.54. The van der Waals surface area contributed by atoms with Crippen molar-refractivity contribution in [1.82, 2.24) is 24.3 Å². The van der Waals surface area contributed by atoms with Gasteiger partial charge in [0.05, 0.1) is 30.2 Å². The van der Waals surface area contributed by atoms with E-state index in [1.165, 1.54) is 0 Å². The van der Waals surface area contributed by atoms with Gasteiger partial charge in [0.15, 0.2) is 11.5 Å². The Labute approximate surface area is 191 Å². The van der Waals surface area contributed by atoms with Gasteiger partial charge in [-0.25, -0.2) is 9.97 Å². The number of hydrogen-bond donors (Lipinski definition) is 2. The van der Waals surface area contributed by atoms with Crippen molar-refractivity contribution in [3.05, 3.63) is 96.3 Å². The van der Waals surface area contributed by atoms with E-state index in [1.807, 2.05) is 79.2 Å². The van der Waals surface area contributed by atoms with Crippen molar-refractivity contribution in [2.24, 2.45) is 0 Å². The fourth-order valence-corrected chi connectivity index (χ4v) is 4.03. The summed E-state index contributed by atoms with van der Waals surface area (Å²) in [6, 6.07) is 15.7. The van der Waals surface area contributed by atoms with Gasteiger partial charge in [0, 0.05) is 41.6 Å². The number of aromatic nitrogens is 5. The predicted molar refractivity (Wildman–Crippen MR) is 129 cm³/mol. The van der Waals surface area contributed by atoms with Gasteiger partial charge in [-0.15, -0.1) is 0 Å². The van der Waals surface area contributed by atoms with Gasteiger partial charge in [-0.3, -0.25) is 14.4 Å². The van der Waals surface area contributed by atoms with Gasteiger partial charge in [-0.05, 0) is 37.1 Å². The van der Waals surface area contributed by atoms with Crippen LogP contribution in [-0.4, -0.2) is 36.1 Å². The van der Waals surface area contributed by atoms with Crippen LogP contribution < -0.4 is 5.32 Å². The Balaban J connectivity index is 1.46. The Bertz CT molecular complexity index is 1410. The molecule has 0 amide bonds. The molecule has 4 aromatic heterocycles. The van der Waals surface area contributed by atoms with E-state index in [9.17, 15) is 5.11 Å². The van der Waals surface area contributed by atoms with Gasteiger partial charge in [0.2, 0.25) is 0 Å². The fraction of sp³-hybridized carbons (Fsp3) is 0.154. The molecule has 0 aliphatic rings. The quantitative estimate of drug-likeness (QED) is 0.404. The fourth-order valence-electron chi connectivity index (χ4n) is 4.03. The van der Waals surface area contributed by atoms with E-state index >= 15 is 0 Å². The first-order chi connectivity index (χ1) is 16.1. The zero-order valence-electron chi connectivity index (χ0n) is 18.5.